The van der Waals surface area contributed by atoms with Crippen LogP contribution in [0.2, 0.25) is 0 Å². The number of fused-ring (bicyclic) bond motifs is 1. The summed E-state index contributed by atoms with van der Waals surface area (Å²) in [6.07, 6.45) is 6.32. The van der Waals surface area contributed by atoms with Gasteiger partial charge in [-0.3, -0.25) is 9.20 Å². The van der Waals surface area contributed by atoms with Crippen molar-refractivity contribution < 1.29 is 9.53 Å². The topological polar surface area (TPSA) is 81.4 Å². The fourth-order valence-electron chi connectivity index (χ4n) is 3.18. The van der Waals surface area contributed by atoms with Gasteiger partial charge in [-0.25, -0.2) is 4.98 Å². The summed E-state index contributed by atoms with van der Waals surface area (Å²) in [6.45, 7) is 3.16. The van der Waals surface area contributed by atoms with Crippen molar-refractivity contribution in [1.29, 1.82) is 0 Å². The van der Waals surface area contributed by atoms with Crippen molar-refractivity contribution in [2.75, 3.05) is 20.3 Å². The summed E-state index contributed by atoms with van der Waals surface area (Å²) in [4.78, 5) is 16.7. The van der Waals surface area contributed by atoms with Gasteiger partial charge >= 0.3 is 0 Å². The molecule has 1 fully saturated rings. The number of carbonyl (C=O) groups excluding carboxylic acids is 1. The summed E-state index contributed by atoms with van der Waals surface area (Å²) >= 11 is 0. The molecule has 0 bridgehead atoms. The number of aromatic nitrogens is 4. The molecule has 1 aliphatic carbocycles. The molecular formula is C15H21N5O2. The summed E-state index contributed by atoms with van der Waals surface area (Å²) in [5, 5.41) is 10.9. The number of rotatable bonds is 5. The van der Waals surface area contributed by atoms with Crippen LogP contribution >= 0.6 is 0 Å². The fourth-order valence-corrected chi connectivity index (χ4v) is 3.18. The molecule has 0 radical (unpaired) electrons. The Morgan fingerprint density at radius 1 is 1.41 bits per heavy atom. The number of methoxy groups -OCH3 is 1. The van der Waals surface area contributed by atoms with E-state index in [0.29, 0.717) is 18.9 Å². The third-order valence-corrected chi connectivity index (χ3v) is 4.36. The number of amides is 1. The van der Waals surface area contributed by atoms with Gasteiger partial charge < -0.3 is 10.1 Å². The van der Waals surface area contributed by atoms with E-state index < -0.39 is 0 Å². The van der Waals surface area contributed by atoms with Crippen LogP contribution in [0.1, 0.15) is 42.0 Å². The van der Waals surface area contributed by atoms with Crippen LogP contribution in [0.4, 0.5) is 0 Å². The zero-order valence-corrected chi connectivity index (χ0v) is 13.0. The second-order valence-electron chi connectivity index (χ2n) is 6.09. The molecule has 2 aromatic heterocycles. The number of nitrogens with one attached hydrogen (secondary N) is 1. The molecule has 0 atom stereocenters. The first kappa shape index (κ1) is 14.9. The monoisotopic (exact) mass is 303 g/mol. The Balaban J connectivity index is 1.73. The van der Waals surface area contributed by atoms with Crippen molar-refractivity contribution in [3.8, 4) is 0 Å². The molecule has 2 heterocycles. The highest BCUT2D eigenvalue weighted by Gasteiger charge is 2.34. The van der Waals surface area contributed by atoms with E-state index in [-0.39, 0.29) is 17.1 Å². The van der Waals surface area contributed by atoms with E-state index in [1.165, 1.54) is 12.8 Å². The SMILES string of the molecule is COCC1(CNC(=O)c2nnc3nc(C)ccn23)CCCC1. The van der Waals surface area contributed by atoms with E-state index in [4.69, 9.17) is 4.74 Å². The normalized spacial score (nSPS) is 17.0. The summed E-state index contributed by atoms with van der Waals surface area (Å²) in [5.74, 6) is 0.492. The van der Waals surface area contributed by atoms with E-state index in [9.17, 15) is 4.79 Å². The largest absolute Gasteiger partial charge is 0.384 e. The highest BCUT2D eigenvalue weighted by Crippen LogP contribution is 2.37. The highest BCUT2D eigenvalue weighted by molar-refractivity contribution is 5.91. The standard InChI is InChI=1S/C15H21N5O2/c1-11-5-8-20-12(18-19-14(20)17-11)13(21)16-9-15(10-22-2)6-3-4-7-15/h5,8H,3-4,6-7,9-10H2,1-2H3,(H,16,21). The Kier molecular flexibility index (Phi) is 4.06. The fraction of sp³-hybridized carbons (Fsp3) is 0.600. The van der Waals surface area contributed by atoms with Crippen LogP contribution in [-0.4, -0.2) is 45.8 Å². The summed E-state index contributed by atoms with van der Waals surface area (Å²) < 4.78 is 6.95. The molecule has 1 aliphatic rings. The Morgan fingerprint density at radius 3 is 2.91 bits per heavy atom. The minimum Gasteiger partial charge on any atom is -0.384 e. The number of carbonyl (C=O) groups is 1. The van der Waals surface area contributed by atoms with Crippen molar-refractivity contribution in [3.63, 3.8) is 0 Å². The highest BCUT2D eigenvalue weighted by atomic mass is 16.5. The van der Waals surface area contributed by atoms with Crippen LogP contribution in [0, 0.1) is 12.3 Å². The van der Waals surface area contributed by atoms with Crippen molar-refractivity contribution in [2.45, 2.75) is 32.6 Å². The molecule has 118 valence electrons. The van der Waals surface area contributed by atoms with Gasteiger partial charge in [0.25, 0.3) is 11.7 Å². The van der Waals surface area contributed by atoms with Gasteiger partial charge in [-0.05, 0) is 25.8 Å². The lowest BCUT2D eigenvalue weighted by molar-refractivity contribution is 0.0735. The number of nitrogens with zero attached hydrogens (tertiary/aromatic N) is 4. The molecule has 3 rings (SSSR count). The van der Waals surface area contributed by atoms with Gasteiger partial charge in [0.05, 0.1) is 6.61 Å². The third kappa shape index (κ3) is 2.81. The Bertz CT molecular complexity index is 676. The number of hydrogen-bond acceptors (Lipinski definition) is 5. The molecule has 22 heavy (non-hydrogen) atoms. The number of ether oxygens (including phenoxy) is 1. The molecule has 1 N–H and O–H groups in total. The molecule has 0 saturated heterocycles. The first-order valence-corrected chi connectivity index (χ1v) is 7.59. The molecule has 7 heteroatoms. The van der Waals surface area contributed by atoms with Crippen LogP contribution in [0.25, 0.3) is 5.78 Å². The average Bonchev–Trinajstić information content (AvgIpc) is 3.12. The predicted molar refractivity (Wildman–Crippen MR) is 80.6 cm³/mol. The molecular weight excluding hydrogens is 282 g/mol. The third-order valence-electron chi connectivity index (χ3n) is 4.36. The minimum absolute atomic E-state index is 0.0553. The quantitative estimate of drug-likeness (QED) is 0.902. The lowest BCUT2D eigenvalue weighted by Gasteiger charge is -2.28. The summed E-state index contributed by atoms with van der Waals surface area (Å²) in [5.41, 5.74) is 0.900. The molecule has 7 nitrogen and oxygen atoms in total. The van der Waals surface area contributed by atoms with Crippen molar-refractivity contribution in [1.82, 2.24) is 24.9 Å². The molecule has 0 unspecified atom stereocenters. The molecule has 0 aromatic carbocycles. The average molecular weight is 303 g/mol. The second-order valence-corrected chi connectivity index (χ2v) is 6.09. The minimum atomic E-state index is -0.222. The van der Waals surface area contributed by atoms with Crippen molar-refractivity contribution in [3.05, 3.63) is 23.8 Å². The Morgan fingerprint density at radius 2 is 2.18 bits per heavy atom. The molecule has 1 saturated carbocycles. The number of hydrogen-bond donors (Lipinski definition) is 1. The van der Waals surface area contributed by atoms with E-state index >= 15 is 0 Å². The molecule has 0 spiro atoms. The zero-order chi connectivity index (χ0) is 15.6. The van der Waals surface area contributed by atoms with Gasteiger partial charge in [0.1, 0.15) is 0 Å². The Labute approximate surface area is 129 Å². The van der Waals surface area contributed by atoms with Crippen LogP contribution in [-0.2, 0) is 4.74 Å². The van der Waals surface area contributed by atoms with Gasteiger partial charge in [-0.2, -0.15) is 0 Å². The van der Waals surface area contributed by atoms with Crippen LogP contribution in [0.5, 0.6) is 0 Å². The predicted octanol–water partition coefficient (Wildman–Crippen LogP) is 1.37. The van der Waals surface area contributed by atoms with E-state index in [2.05, 4.69) is 20.5 Å². The van der Waals surface area contributed by atoms with E-state index in [0.717, 1.165) is 18.5 Å². The summed E-state index contributed by atoms with van der Waals surface area (Å²) in [7, 11) is 1.71. The van der Waals surface area contributed by atoms with E-state index in [1.54, 1.807) is 17.7 Å². The smallest absolute Gasteiger partial charge is 0.289 e. The van der Waals surface area contributed by atoms with Gasteiger partial charge in [0, 0.05) is 31.0 Å². The molecule has 2 aromatic rings. The lowest BCUT2D eigenvalue weighted by atomic mass is 9.87. The zero-order valence-electron chi connectivity index (χ0n) is 13.0. The van der Waals surface area contributed by atoms with Crippen LogP contribution < -0.4 is 5.32 Å². The van der Waals surface area contributed by atoms with Gasteiger partial charge in [-0.1, -0.05) is 12.8 Å². The van der Waals surface area contributed by atoms with Gasteiger partial charge in [-0.15, -0.1) is 10.2 Å². The van der Waals surface area contributed by atoms with Crippen LogP contribution in [0.15, 0.2) is 12.3 Å². The first-order valence-electron chi connectivity index (χ1n) is 7.59. The summed E-state index contributed by atoms with van der Waals surface area (Å²) in [6, 6.07) is 1.83. The van der Waals surface area contributed by atoms with Gasteiger partial charge in [0.2, 0.25) is 5.82 Å². The maximum atomic E-state index is 12.4. The van der Waals surface area contributed by atoms with Crippen molar-refractivity contribution in [2.24, 2.45) is 5.41 Å². The maximum Gasteiger partial charge on any atom is 0.289 e. The van der Waals surface area contributed by atoms with E-state index in [1.807, 2.05) is 13.0 Å². The first-order chi connectivity index (χ1) is 10.6. The van der Waals surface area contributed by atoms with Gasteiger partial charge in [0.15, 0.2) is 0 Å². The lowest BCUT2D eigenvalue weighted by Crippen LogP contribution is -2.39. The Hall–Kier alpha value is -2.02. The van der Waals surface area contributed by atoms with Crippen molar-refractivity contribution >= 4 is 11.7 Å². The maximum absolute atomic E-state index is 12.4. The number of aryl methyl sites for hydroxylation is 1. The second kappa shape index (κ2) is 6.00. The van der Waals surface area contributed by atoms with Crippen LogP contribution in [0.3, 0.4) is 0 Å². The molecule has 1 amide bonds. The molecule has 0 aliphatic heterocycles.